The van der Waals surface area contributed by atoms with Gasteiger partial charge in [-0.05, 0) is 24.3 Å². The summed E-state index contributed by atoms with van der Waals surface area (Å²) in [5, 5.41) is 2.99. The summed E-state index contributed by atoms with van der Waals surface area (Å²) in [6.07, 6.45) is 5.87. The molecule has 0 heterocycles. The number of hydrogen-bond donors (Lipinski definition) is 1. The number of nitrogens with one attached hydrogen (secondary N) is 1. The number of ether oxygens (including phenoxy) is 1. The summed E-state index contributed by atoms with van der Waals surface area (Å²) in [5.41, 5.74) is 1.18. The largest absolute Gasteiger partial charge is 0.453 e. The average Bonchev–Trinajstić information content (AvgIpc) is 2.46. The van der Waals surface area contributed by atoms with Crippen LogP contribution in [0.3, 0.4) is 0 Å². The van der Waals surface area contributed by atoms with Gasteiger partial charge in [0.05, 0.1) is 13.2 Å². The topological polar surface area (TPSA) is 38.3 Å². The van der Waals surface area contributed by atoms with E-state index >= 15 is 0 Å². The fraction of sp³-hybridized carbons (Fsp3) is 0.533. The summed E-state index contributed by atoms with van der Waals surface area (Å²) < 4.78 is 4.74. The standard InChI is InChI=1S/C15H21NO2/c1-18-15(17)16-14(12-8-4-2-5-9-12)13-10-6-3-7-11-13/h2,4-5,8-9,13-14H,3,6-7,10-11H2,1H3,(H,16,17)/t14-/m1/s1. The molecule has 18 heavy (non-hydrogen) atoms. The molecule has 1 aliphatic carbocycles. The maximum atomic E-state index is 11.5. The van der Waals surface area contributed by atoms with Gasteiger partial charge in [-0.15, -0.1) is 0 Å². The van der Waals surface area contributed by atoms with Crippen molar-refractivity contribution in [3.63, 3.8) is 0 Å². The molecule has 0 bridgehead atoms. The van der Waals surface area contributed by atoms with Crippen LogP contribution in [0, 0.1) is 5.92 Å². The maximum absolute atomic E-state index is 11.5. The van der Waals surface area contributed by atoms with E-state index in [0.29, 0.717) is 5.92 Å². The molecule has 0 aromatic heterocycles. The molecule has 2 rings (SSSR count). The molecule has 1 saturated carbocycles. The van der Waals surface area contributed by atoms with Crippen molar-refractivity contribution in [2.24, 2.45) is 5.92 Å². The molecule has 3 heteroatoms. The van der Waals surface area contributed by atoms with Crippen molar-refractivity contribution in [1.29, 1.82) is 0 Å². The Morgan fingerprint density at radius 2 is 1.89 bits per heavy atom. The van der Waals surface area contributed by atoms with Gasteiger partial charge in [0.1, 0.15) is 0 Å². The highest BCUT2D eigenvalue weighted by Crippen LogP contribution is 2.34. The highest BCUT2D eigenvalue weighted by atomic mass is 16.5. The Morgan fingerprint density at radius 1 is 1.22 bits per heavy atom. The zero-order valence-corrected chi connectivity index (χ0v) is 10.9. The lowest BCUT2D eigenvalue weighted by molar-refractivity contribution is 0.157. The fourth-order valence-corrected chi connectivity index (χ4v) is 2.79. The number of carbonyl (C=O) groups excluding carboxylic acids is 1. The van der Waals surface area contributed by atoms with Gasteiger partial charge in [-0.2, -0.15) is 0 Å². The molecule has 1 amide bonds. The number of carbonyl (C=O) groups is 1. The number of amides is 1. The number of methoxy groups -OCH3 is 1. The van der Waals surface area contributed by atoms with Crippen LogP contribution in [0.2, 0.25) is 0 Å². The van der Waals surface area contributed by atoms with Gasteiger partial charge in [-0.3, -0.25) is 0 Å². The van der Waals surface area contributed by atoms with E-state index < -0.39 is 0 Å². The molecule has 1 N–H and O–H groups in total. The summed E-state index contributed by atoms with van der Waals surface area (Å²) in [6.45, 7) is 0. The van der Waals surface area contributed by atoms with Crippen LogP contribution in [0.1, 0.15) is 43.7 Å². The smallest absolute Gasteiger partial charge is 0.407 e. The van der Waals surface area contributed by atoms with Crippen molar-refractivity contribution >= 4 is 6.09 Å². The van der Waals surface area contributed by atoms with E-state index in [2.05, 4.69) is 17.4 Å². The molecule has 0 aliphatic heterocycles. The lowest BCUT2D eigenvalue weighted by atomic mass is 9.81. The molecule has 0 saturated heterocycles. The highest BCUT2D eigenvalue weighted by molar-refractivity contribution is 5.67. The molecule has 1 aromatic rings. The first-order valence-electron chi connectivity index (χ1n) is 6.70. The molecule has 3 nitrogen and oxygen atoms in total. The van der Waals surface area contributed by atoms with Gasteiger partial charge in [-0.25, -0.2) is 4.79 Å². The number of hydrogen-bond acceptors (Lipinski definition) is 2. The Morgan fingerprint density at radius 3 is 2.50 bits per heavy atom. The van der Waals surface area contributed by atoms with Crippen molar-refractivity contribution in [3.8, 4) is 0 Å². The van der Waals surface area contributed by atoms with E-state index in [4.69, 9.17) is 4.74 Å². The van der Waals surface area contributed by atoms with Crippen LogP contribution in [0.5, 0.6) is 0 Å². The summed E-state index contributed by atoms with van der Waals surface area (Å²) in [6, 6.07) is 10.3. The first kappa shape index (κ1) is 12.9. The molecule has 1 aliphatic rings. The predicted molar refractivity (Wildman–Crippen MR) is 71.3 cm³/mol. The Hall–Kier alpha value is -1.51. The van der Waals surface area contributed by atoms with Gasteiger partial charge in [0.15, 0.2) is 0 Å². The number of alkyl carbamates (subject to hydrolysis) is 1. The van der Waals surface area contributed by atoms with E-state index in [1.54, 1.807) is 0 Å². The molecule has 1 aromatic carbocycles. The monoisotopic (exact) mass is 247 g/mol. The van der Waals surface area contributed by atoms with Gasteiger partial charge < -0.3 is 10.1 Å². The zero-order valence-electron chi connectivity index (χ0n) is 10.9. The van der Waals surface area contributed by atoms with Crippen molar-refractivity contribution in [3.05, 3.63) is 35.9 Å². The third kappa shape index (κ3) is 3.25. The molecule has 98 valence electrons. The van der Waals surface area contributed by atoms with Gasteiger partial charge in [0.2, 0.25) is 0 Å². The van der Waals surface area contributed by atoms with E-state index in [0.717, 1.165) is 0 Å². The molecule has 0 spiro atoms. The lowest BCUT2D eigenvalue weighted by Crippen LogP contribution is -2.34. The van der Waals surface area contributed by atoms with Crippen molar-refractivity contribution in [2.75, 3.05) is 7.11 Å². The molecule has 0 radical (unpaired) electrons. The van der Waals surface area contributed by atoms with Gasteiger partial charge >= 0.3 is 6.09 Å². The molecule has 1 atom stereocenters. The minimum Gasteiger partial charge on any atom is -0.453 e. The van der Waals surface area contributed by atoms with Gasteiger partial charge in [0.25, 0.3) is 0 Å². The fourth-order valence-electron chi connectivity index (χ4n) is 2.79. The molecular weight excluding hydrogens is 226 g/mol. The third-order valence-corrected chi connectivity index (χ3v) is 3.74. The minimum absolute atomic E-state index is 0.0824. The summed E-state index contributed by atoms with van der Waals surface area (Å²) in [7, 11) is 1.41. The second-order valence-electron chi connectivity index (χ2n) is 4.92. The van der Waals surface area contributed by atoms with Gasteiger partial charge in [0, 0.05) is 0 Å². The van der Waals surface area contributed by atoms with E-state index in [1.807, 2.05) is 18.2 Å². The molecule has 0 unspecified atom stereocenters. The molecule has 1 fully saturated rings. The predicted octanol–water partition coefficient (Wildman–Crippen LogP) is 3.66. The van der Waals surface area contributed by atoms with Crippen LogP contribution in [0.25, 0.3) is 0 Å². The Balaban J connectivity index is 2.14. The quantitative estimate of drug-likeness (QED) is 0.885. The van der Waals surface area contributed by atoms with Crippen LogP contribution in [-0.2, 0) is 4.74 Å². The molecular formula is C15H21NO2. The summed E-state index contributed by atoms with van der Waals surface area (Å²) in [5.74, 6) is 0.528. The zero-order chi connectivity index (χ0) is 12.8. The highest BCUT2D eigenvalue weighted by Gasteiger charge is 2.26. The second-order valence-corrected chi connectivity index (χ2v) is 4.92. The first-order valence-corrected chi connectivity index (χ1v) is 6.70. The summed E-state index contributed by atoms with van der Waals surface area (Å²) >= 11 is 0. The Kier molecular flexibility index (Phi) is 4.62. The maximum Gasteiger partial charge on any atom is 0.407 e. The van der Waals surface area contributed by atoms with Crippen molar-refractivity contribution < 1.29 is 9.53 Å². The van der Waals surface area contributed by atoms with Crippen molar-refractivity contribution in [1.82, 2.24) is 5.32 Å². The Labute approximate surface area is 109 Å². The minimum atomic E-state index is -0.338. The van der Waals surface area contributed by atoms with Crippen LogP contribution >= 0.6 is 0 Å². The second kappa shape index (κ2) is 6.43. The third-order valence-electron chi connectivity index (χ3n) is 3.74. The van der Waals surface area contributed by atoms with E-state index in [9.17, 15) is 4.79 Å². The van der Waals surface area contributed by atoms with Crippen LogP contribution in [-0.4, -0.2) is 13.2 Å². The SMILES string of the molecule is COC(=O)N[C@H](c1ccccc1)C1CCCCC1. The van der Waals surface area contributed by atoms with Gasteiger partial charge in [-0.1, -0.05) is 49.6 Å². The Bertz CT molecular complexity index is 371. The summed E-state index contributed by atoms with van der Waals surface area (Å²) in [4.78, 5) is 11.5. The first-order chi connectivity index (χ1) is 8.81. The van der Waals surface area contributed by atoms with E-state index in [-0.39, 0.29) is 12.1 Å². The number of rotatable bonds is 3. The normalized spacial score (nSPS) is 18.1. The average molecular weight is 247 g/mol. The lowest BCUT2D eigenvalue weighted by Gasteiger charge is -2.30. The van der Waals surface area contributed by atoms with Crippen LogP contribution in [0.15, 0.2) is 30.3 Å². The van der Waals surface area contributed by atoms with Crippen molar-refractivity contribution in [2.45, 2.75) is 38.1 Å². The van der Waals surface area contributed by atoms with Crippen LogP contribution in [0.4, 0.5) is 4.79 Å². The van der Waals surface area contributed by atoms with E-state index in [1.165, 1.54) is 44.8 Å². The van der Waals surface area contributed by atoms with Crippen LogP contribution < -0.4 is 5.32 Å². The number of benzene rings is 1.